The van der Waals surface area contributed by atoms with Gasteiger partial charge in [-0.2, -0.15) is 39.5 Å². The average molecular weight is 406 g/mol. The minimum Gasteiger partial charge on any atom is -0.421 e. The number of esters is 1. The van der Waals surface area contributed by atoms with Gasteiger partial charge < -0.3 is 4.74 Å². The molecule has 0 aliphatic rings. The van der Waals surface area contributed by atoms with Crippen molar-refractivity contribution in [2.24, 2.45) is 5.41 Å². The third kappa shape index (κ3) is 6.04. The molecular weight excluding hydrogens is 390 g/mol. The maximum atomic E-state index is 14.0. The van der Waals surface area contributed by atoms with Crippen molar-refractivity contribution < 1.29 is 53.4 Å². The van der Waals surface area contributed by atoms with Gasteiger partial charge in [0.2, 0.25) is 11.4 Å². The van der Waals surface area contributed by atoms with Gasteiger partial charge >= 0.3 is 24.5 Å². The number of halogens is 10. The molecule has 0 saturated carbocycles. The van der Waals surface area contributed by atoms with E-state index in [2.05, 4.69) is 4.74 Å². The van der Waals surface area contributed by atoms with Gasteiger partial charge in [-0.05, 0) is 27.2 Å². The maximum Gasteiger partial charge on any atom is 0.449 e. The summed E-state index contributed by atoms with van der Waals surface area (Å²) in [7, 11) is 0. The molecule has 154 valence electrons. The smallest absolute Gasteiger partial charge is 0.421 e. The van der Waals surface area contributed by atoms with Gasteiger partial charge in [0.25, 0.3) is 0 Å². The first-order valence-corrected chi connectivity index (χ1v) is 7.02. The van der Waals surface area contributed by atoms with E-state index >= 15 is 0 Å². The Morgan fingerprint density at radius 1 is 0.846 bits per heavy atom. The predicted octanol–water partition coefficient (Wildman–Crippen LogP) is 6.03. The van der Waals surface area contributed by atoms with E-state index in [1.165, 1.54) is 6.92 Å². The van der Waals surface area contributed by atoms with Gasteiger partial charge in [0.1, 0.15) is 0 Å². The summed E-state index contributed by atoms with van der Waals surface area (Å²) in [5.74, 6) is -4.70. The highest BCUT2D eigenvalue weighted by Gasteiger charge is 2.60. The molecule has 0 aromatic rings. The second-order valence-electron chi connectivity index (χ2n) is 6.23. The minimum atomic E-state index is -6.11. The summed E-state index contributed by atoms with van der Waals surface area (Å²) in [5, 5.41) is 0. The van der Waals surface area contributed by atoms with Crippen LogP contribution < -0.4 is 0 Å². The van der Waals surface area contributed by atoms with E-state index in [0.717, 1.165) is 13.8 Å². The lowest BCUT2D eigenvalue weighted by atomic mass is 9.90. The van der Waals surface area contributed by atoms with Gasteiger partial charge in [0, 0.05) is 5.57 Å². The summed E-state index contributed by atoms with van der Waals surface area (Å²) in [4.78, 5) is 11.8. The monoisotopic (exact) mass is 406 g/mol. The lowest BCUT2D eigenvalue weighted by Gasteiger charge is -2.31. The Labute approximate surface area is 142 Å². The quantitative estimate of drug-likeness (QED) is 0.317. The third-order valence-electron chi connectivity index (χ3n) is 3.64. The van der Waals surface area contributed by atoms with Gasteiger partial charge in [-0.1, -0.05) is 6.92 Å². The summed E-state index contributed by atoms with van der Waals surface area (Å²) < 4.78 is 133. The summed E-state index contributed by atoms with van der Waals surface area (Å²) in [6.45, 7) is 2.94. The largest absolute Gasteiger partial charge is 0.449 e. The summed E-state index contributed by atoms with van der Waals surface area (Å²) >= 11 is 0. The highest BCUT2D eigenvalue weighted by Crippen LogP contribution is 2.48. The molecule has 0 spiro atoms. The molecule has 2 nitrogen and oxygen atoms in total. The van der Waals surface area contributed by atoms with E-state index in [1.54, 1.807) is 0 Å². The summed E-state index contributed by atoms with van der Waals surface area (Å²) in [6, 6.07) is 0. The molecule has 0 radical (unpaired) electrons. The number of rotatable bonds is 5. The highest BCUT2D eigenvalue weighted by molar-refractivity contribution is 5.77. The summed E-state index contributed by atoms with van der Waals surface area (Å²) in [5.41, 5.74) is -9.47. The molecule has 0 bridgehead atoms. The van der Waals surface area contributed by atoms with E-state index in [1.807, 2.05) is 0 Å². The fraction of sp³-hybridized carbons (Fsp3) is 0.786. The Hall–Kier alpha value is -1.49. The number of hydrogen-bond donors (Lipinski definition) is 0. The molecule has 0 rings (SSSR count). The zero-order valence-corrected chi connectivity index (χ0v) is 14.0. The number of carbonyl (C=O) groups excluding carboxylic acids is 1. The zero-order chi connectivity index (χ0) is 21.4. The molecular formula is C14H16F10O2. The van der Waals surface area contributed by atoms with Crippen molar-refractivity contribution in [3.8, 4) is 0 Å². The number of allylic oxidation sites excluding steroid dienone is 2. The van der Waals surface area contributed by atoms with Gasteiger partial charge in [0.15, 0.2) is 0 Å². The fourth-order valence-electron chi connectivity index (χ4n) is 1.50. The number of alkyl halides is 10. The molecule has 0 fully saturated rings. The molecule has 1 atom stereocenters. The van der Waals surface area contributed by atoms with Crippen LogP contribution in [0.1, 0.15) is 40.5 Å². The van der Waals surface area contributed by atoms with Crippen LogP contribution >= 0.6 is 0 Å². The van der Waals surface area contributed by atoms with Crippen LogP contribution in [0.25, 0.3) is 0 Å². The fourth-order valence-corrected chi connectivity index (χ4v) is 1.50. The molecule has 0 N–H and O–H groups in total. The van der Waals surface area contributed by atoms with Crippen LogP contribution in [0.3, 0.4) is 0 Å². The van der Waals surface area contributed by atoms with E-state index in [9.17, 15) is 48.7 Å². The van der Waals surface area contributed by atoms with Crippen molar-refractivity contribution in [1.82, 2.24) is 0 Å². The third-order valence-corrected chi connectivity index (χ3v) is 3.64. The van der Waals surface area contributed by atoms with Crippen molar-refractivity contribution in [3.63, 3.8) is 0 Å². The van der Waals surface area contributed by atoms with Crippen molar-refractivity contribution in [2.75, 3.05) is 0 Å². The first kappa shape index (κ1) is 24.5. The minimum absolute atomic E-state index is 0.141. The van der Waals surface area contributed by atoms with Crippen LogP contribution in [0, 0.1) is 5.41 Å². The number of ether oxygens (including phenoxy) is 1. The highest BCUT2D eigenvalue weighted by atomic mass is 19.4. The van der Waals surface area contributed by atoms with Crippen LogP contribution in [0.5, 0.6) is 0 Å². The van der Waals surface area contributed by atoms with Gasteiger partial charge in [-0.15, -0.1) is 0 Å². The zero-order valence-electron chi connectivity index (χ0n) is 14.0. The van der Waals surface area contributed by atoms with Gasteiger partial charge in [-0.3, -0.25) is 4.79 Å². The Balaban J connectivity index is 6.63. The molecule has 0 aliphatic heterocycles. The molecule has 0 aromatic heterocycles. The first-order valence-electron chi connectivity index (χ1n) is 7.02. The normalized spacial score (nSPS) is 17.5. The van der Waals surface area contributed by atoms with Crippen molar-refractivity contribution >= 4 is 5.97 Å². The first-order chi connectivity index (χ1) is 11.2. The molecule has 12 heteroatoms. The lowest BCUT2D eigenvalue weighted by Crippen LogP contribution is -2.44. The molecule has 26 heavy (non-hydrogen) atoms. The summed E-state index contributed by atoms with van der Waals surface area (Å²) in [6.07, 6.45) is -20.8. The van der Waals surface area contributed by atoms with Crippen LogP contribution in [0.2, 0.25) is 0 Å². The van der Waals surface area contributed by atoms with Crippen LogP contribution in [0.4, 0.5) is 43.9 Å². The topological polar surface area (TPSA) is 26.3 Å². The molecule has 0 aliphatic carbocycles. The Kier molecular flexibility index (Phi) is 6.84. The van der Waals surface area contributed by atoms with Crippen LogP contribution in [-0.4, -0.2) is 30.2 Å². The van der Waals surface area contributed by atoms with Gasteiger partial charge in [-0.25, -0.2) is 4.39 Å². The van der Waals surface area contributed by atoms with E-state index in [0.29, 0.717) is 0 Å². The molecule has 0 heterocycles. The Morgan fingerprint density at radius 2 is 1.27 bits per heavy atom. The molecule has 1 unspecified atom stereocenters. The van der Waals surface area contributed by atoms with E-state index in [4.69, 9.17) is 0 Å². The van der Waals surface area contributed by atoms with Crippen LogP contribution in [-0.2, 0) is 9.53 Å². The van der Waals surface area contributed by atoms with E-state index < -0.39 is 60.3 Å². The van der Waals surface area contributed by atoms with Crippen LogP contribution in [0.15, 0.2) is 11.3 Å². The van der Waals surface area contributed by atoms with Gasteiger partial charge in [0.05, 0.1) is 11.8 Å². The molecule has 0 aromatic carbocycles. The standard InChI is InChI=1S/C14H16F10O2/c1-5-10(2,3)9(25)26-8(13(19,20)21)7(6-12(16,17)18)11(4,15)14(22,23)24/h5-6H2,1-4H3/b8-7-. The average Bonchev–Trinajstić information content (AvgIpc) is 2.38. The molecule has 0 saturated heterocycles. The second-order valence-corrected chi connectivity index (χ2v) is 6.23. The SMILES string of the molecule is CCC(C)(C)C(=O)O/C(=C(/CC(F)(F)F)C(C)(F)C(F)(F)F)C(F)(F)F. The van der Waals surface area contributed by atoms with Crippen molar-refractivity contribution in [1.29, 1.82) is 0 Å². The number of carbonyl (C=O) groups is 1. The van der Waals surface area contributed by atoms with Crippen molar-refractivity contribution in [2.45, 2.75) is 64.7 Å². The number of hydrogen-bond acceptors (Lipinski definition) is 2. The molecule has 0 amide bonds. The van der Waals surface area contributed by atoms with Crippen molar-refractivity contribution in [3.05, 3.63) is 11.3 Å². The van der Waals surface area contributed by atoms with E-state index in [-0.39, 0.29) is 6.42 Å². The predicted molar refractivity (Wildman–Crippen MR) is 69.5 cm³/mol. The lowest BCUT2D eigenvalue weighted by molar-refractivity contribution is -0.220. The second kappa shape index (κ2) is 7.26. The Morgan fingerprint density at radius 3 is 1.54 bits per heavy atom. The maximum absolute atomic E-state index is 14.0. The Bertz CT molecular complexity index is 550.